The van der Waals surface area contributed by atoms with Gasteiger partial charge in [-0.3, -0.25) is 0 Å². The molecular formula is C12H21N5O. The van der Waals surface area contributed by atoms with Crippen LogP contribution >= 0.6 is 0 Å². The number of anilines is 2. The van der Waals surface area contributed by atoms with E-state index in [9.17, 15) is 0 Å². The summed E-state index contributed by atoms with van der Waals surface area (Å²) < 4.78 is 5.46. The van der Waals surface area contributed by atoms with Crippen molar-refractivity contribution in [1.29, 1.82) is 0 Å². The van der Waals surface area contributed by atoms with Crippen molar-refractivity contribution in [3.05, 3.63) is 5.69 Å². The molecule has 0 amide bonds. The number of nitrogens with one attached hydrogen (secondary N) is 1. The Bertz CT molecular complexity index is 404. The Hall–Kier alpha value is -1.56. The first kappa shape index (κ1) is 12.9. The molecule has 1 heterocycles. The number of aromatic nitrogens is 2. The van der Waals surface area contributed by atoms with E-state index in [0.29, 0.717) is 30.6 Å². The number of rotatable bonds is 5. The summed E-state index contributed by atoms with van der Waals surface area (Å²) >= 11 is 0. The van der Waals surface area contributed by atoms with Gasteiger partial charge in [0.05, 0.1) is 12.8 Å². The Balaban J connectivity index is 2.33. The van der Waals surface area contributed by atoms with E-state index in [1.54, 1.807) is 7.11 Å². The minimum atomic E-state index is 0.289. The third-order valence-electron chi connectivity index (χ3n) is 3.29. The van der Waals surface area contributed by atoms with E-state index in [1.165, 1.54) is 12.8 Å². The molecule has 100 valence electrons. The van der Waals surface area contributed by atoms with Gasteiger partial charge >= 0.3 is 0 Å². The molecule has 1 aliphatic carbocycles. The Morgan fingerprint density at radius 1 is 1.33 bits per heavy atom. The lowest BCUT2D eigenvalue weighted by Crippen LogP contribution is -2.16. The van der Waals surface area contributed by atoms with Crippen molar-refractivity contribution in [2.24, 2.45) is 5.73 Å². The van der Waals surface area contributed by atoms with E-state index in [-0.39, 0.29) is 5.95 Å². The molecule has 0 aliphatic heterocycles. The van der Waals surface area contributed by atoms with Crippen LogP contribution in [0.15, 0.2) is 0 Å². The average Bonchev–Trinajstić information content (AvgIpc) is 2.89. The zero-order chi connectivity index (χ0) is 13.0. The van der Waals surface area contributed by atoms with Gasteiger partial charge in [-0.15, -0.1) is 0 Å². The maximum absolute atomic E-state index is 5.77. The number of nitrogens with two attached hydrogens (primary N) is 2. The van der Waals surface area contributed by atoms with Crippen LogP contribution in [0.1, 0.15) is 37.3 Å². The van der Waals surface area contributed by atoms with Gasteiger partial charge in [-0.1, -0.05) is 12.8 Å². The summed E-state index contributed by atoms with van der Waals surface area (Å²) in [5.41, 5.74) is 12.2. The highest BCUT2D eigenvalue weighted by Gasteiger charge is 2.25. The van der Waals surface area contributed by atoms with E-state index in [0.717, 1.165) is 18.5 Å². The Morgan fingerprint density at radius 3 is 2.67 bits per heavy atom. The largest absolute Gasteiger partial charge is 0.491 e. The second-order valence-electron chi connectivity index (χ2n) is 4.55. The monoisotopic (exact) mass is 251 g/mol. The summed E-state index contributed by atoms with van der Waals surface area (Å²) in [7, 11) is 1.64. The van der Waals surface area contributed by atoms with Crippen LogP contribution in [0.25, 0.3) is 0 Å². The molecular weight excluding hydrogens is 230 g/mol. The van der Waals surface area contributed by atoms with Crippen molar-refractivity contribution < 1.29 is 4.74 Å². The molecule has 6 nitrogen and oxygen atoms in total. The van der Waals surface area contributed by atoms with Crippen LogP contribution < -0.4 is 21.5 Å². The smallest absolute Gasteiger partial charge is 0.222 e. The molecule has 6 heteroatoms. The van der Waals surface area contributed by atoms with Crippen LogP contribution in [0.5, 0.6) is 5.75 Å². The van der Waals surface area contributed by atoms with Gasteiger partial charge in [0, 0.05) is 19.0 Å². The lowest BCUT2D eigenvalue weighted by Gasteiger charge is -2.17. The van der Waals surface area contributed by atoms with Crippen molar-refractivity contribution in [2.75, 3.05) is 31.2 Å². The number of nitrogen functional groups attached to an aromatic ring is 1. The van der Waals surface area contributed by atoms with Crippen LogP contribution in [-0.2, 0) is 0 Å². The van der Waals surface area contributed by atoms with Gasteiger partial charge in [-0.05, 0) is 12.8 Å². The van der Waals surface area contributed by atoms with Gasteiger partial charge in [-0.25, -0.2) is 4.98 Å². The second kappa shape index (κ2) is 5.86. The predicted molar refractivity (Wildman–Crippen MR) is 71.7 cm³/mol. The Morgan fingerprint density at radius 2 is 2.06 bits per heavy atom. The summed E-state index contributed by atoms with van der Waals surface area (Å²) in [6.45, 7) is 1.17. The maximum Gasteiger partial charge on any atom is 0.222 e. The highest BCUT2D eigenvalue weighted by Crippen LogP contribution is 2.40. The molecule has 0 unspecified atom stereocenters. The van der Waals surface area contributed by atoms with Crippen molar-refractivity contribution in [2.45, 2.75) is 31.6 Å². The van der Waals surface area contributed by atoms with E-state index in [4.69, 9.17) is 16.2 Å². The van der Waals surface area contributed by atoms with Gasteiger partial charge < -0.3 is 21.5 Å². The SMILES string of the molecule is COc1c(NCCN)nc(N)nc1C1CCCC1. The van der Waals surface area contributed by atoms with E-state index >= 15 is 0 Å². The molecule has 5 N–H and O–H groups in total. The fourth-order valence-corrected chi connectivity index (χ4v) is 2.47. The summed E-state index contributed by atoms with van der Waals surface area (Å²) in [4.78, 5) is 8.55. The molecule has 1 aliphatic rings. The van der Waals surface area contributed by atoms with Crippen molar-refractivity contribution in [3.8, 4) is 5.75 Å². The molecule has 1 fully saturated rings. The van der Waals surface area contributed by atoms with Gasteiger partial charge in [0.2, 0.25) is 5.95 Å². The summed E-state index contributed by atoms with van der Waals surface area (Å²) in [5, 5.41) is 3.14. The predicted octanol–water partition coefficient (Wildman–Crippen LogP) is 1.10. The molecule has 0 bridgehead atoms. The first-order valence-electron chi connectivity index (χ1n) is 6.41. The summed E-state index contributed by atoms with van der Waals surface area (Å²) in [6, 6.07) is 0. The van der Waals surface area contributed by atoms with E-state index < -0.39 is 0 Å². The highest BCUT2D eigenvalue weighted by molar-refractivity contribution is 5.56. The molecule has 1 saturated carbocycles. The van der Waals surface area contributed by atoms with Crippen LogP contribution in [0.3, 0.4) is 0 Å². The molecule has 18 heavy (non-hydrogen) atoms. The lowest BCUT2D eigenvalue weighted by atomic mass is 10.0. The zero-order valence-electron chi connectivity index (χ0n) is 10.8. The maximum atomic E-state index is 5.77. The first-order valence-corrected chi connectivity index (χ1v) is 6.41. The zero-order valence-corrected chi connectivity index (χ0v) is 10.8. The molecule has 1 aromatic heterocycles. The topological polar surface area (TPSA) is 99.1 Å². The normalized spacial score (nSPS) is 15.9. The number of ether oxygens (including phenoxy) is 1. The number of hydrogen-bond donors (Lipinski definition) is 3. The molecule has 2 rings (SSSR count). The van der Waals surface area contributed by atoms with Crippen molar-refractivity contribution >= 4 is 11.8 Å². The van der Waals surface area contributed by atoms with E-state index in [2.05, 4.69) is 15.3 Å². The third kappa shape index (κ3) is 2.64. The van der Waals surface area contributed by atoms with Gasteiger partial charge in [0.1, 0.15) is 0 Å². The quantitative estimate of drug-likeness (QED) is 0.724. The second-order valence-corrected chi connectivity index (χ2v) is 4.55. The van der Waals surface area contributed by atoms with Crippen LogP contribution in [0.4, 0.5) is 11.8 Å². The number of hydrogen-bond acceptors (Lipinski definition) is 6. The molecule has 0 saturated heterocycles. The van der Waals surface area contributed by atoms with Gasteiger partial charge in [-0.2, -0.15) is 4.98 Å². The fraction of sp³-hybridized carbons (Fsp3) is 0.667. The minimum absolute atomic E-state index is 0.289. The summed E-state index contributed by atoms with van der Waals surface area (Å²) in [5.74, 6) is 2.09. The van der Waals surface area contributed by atoms with Crippen molar-refractivity contribution in [1.82, 2.24) is 9.97 Å². The minimum Gasteiger partial charge on any atom is -0.491 e. The first-order chi connectivity index (χ1) is 8.76. The van der Waals surface area contributed by atoms with Gasteiger partial charge in [0.15, 0.2) is 11.6 Å². The fourth-order valence-electron chi connectivity index (χ4n) is 2.47. The third-order valence-corrected chi connectivity index (χ3v) is 3.29. The number of nitrogens with zero attached hydrogens (tertiary/aromatic N) is 2. The molecule has 0 atom stereocenters. The standard InChI is InChI=1S/C12H21N5O/c1-18-10-9(8-4-2-3-5-8)16-12(14)17-11(10)15-7-6-13/h8H,2-7,13H2,1H3,(H3,14,15,16,17). The molecule has 0 aromatic carbocycles. The Kier molecular flexibility index (Phi) is 4.19. The average molecular weight is 251 g/mol. The van der Waals surface area contributed by atoms with Crippen LogP contribution in [0.2, 0.25) is 0 Å². The lowest BCUT2D eigenvalue weighted by molar-refractivity contribution is 0.401. The molecule has 0 spiro atoms. The highest BCUT2D eigenvalue weighted by atomic mass is 16.5. The number of methoxy groups -OCH3 is 1. The molecule has 1 aromatic rings. The van der Waals surface area contributed by atoms with Crippen molar-refractivity contribution in [3.63, 3.8) is 0 Å². The van der Waals surface area contributed by atoms with E-state index in [1.807, 2.05) is 0 Å². The van der Waals surface area contributed by atoms with Crippen LogP contribution in [0, 0.1) is 0 Å². The van der Waals surface area contributed by atoms with Gasteiger partial charge in [0.25, 0.3) is 0 Å². The Labute approximate surface area is 107 Å². The van der Waals surface area contributed by atoms with Crippen LogP contribution in [-0.4, -0.2) is 30.2 Å². The summed E-state index contributed by atoms with van der Waals surface area (Å²) in [6.07, 6.45) is 4.76. The molecule has 0 radical (unpaired) electrons.